The molecule has 2 heterocycles. The van der Waals surface area contributed by atoms with E-state index in [2.05, 4.69) is 0 Å². The lowest BCUT2D eigenvalue weighted by Gasteiger charge is -2.35. The van der Waals surface area contributed by atoms with Crippen LogP contribution in [-0.4, -0.2) is 48.2 Å². The largest absolute Gasteiger partial charge is 0.481 e. The second-order valence-electron chi connectivity index (χ2n) is 7.97. The Morgan fingerprint density at radius 2 is 2.00 bits per heavy atom. The van der Waals surface area contributed by atoms with Gasteiger partial charge in [0.15, 0.2) is 0 Å². The minimum Gasteiger partial charge on any atom is -0.481 e. The number of carbonyl (C=O) groups is 2. The van der Waals surface area contributed by atoms with Gasteiger partial charge in [0.1, 0.15) is 0 Å². The topological polar surface area (TPSA) is 66.8 Å². The molecule has 0 bridgehead atoms. The van der Waals surface area contributed by atoms with E-state index in [1.54, 1.807) is 4.90 Å². The molecule has 1 N–H and O–H groups in total. The number of carboxylic acid groups (broad SMARTS) is 1. The molecule has 2 aliphatic heterocycles. The summed E-state index contributed by atoms with van der Waals surface area (Å²) in [5, 5.41) is 10.5. The van der Waals surface area contributed by atoms with Crippen LogP contribution in [0.15, 0.2) is 24.3 Å². The van der Waals surface area contributed by atoms with Crippen molar-refractivity contribution in [3.8, 4) is 0 Å². The number of amides is 1. The normalized spacial score (nSPS) is 30.2. The number of hydrogen-bond acceptors (Lipinski definition) is 3. The molecule has 1 amide bonds. The van der Waals surface area contributed by atoms with Crippen molar-refractivity contribution in [3.05, 3.63) is 34.9 Å². The minimum absolute atomic E-state index is 0.0623. The van der Waals surface area contributed by atoms with Gasteiger partial charge >= 0.3 is 5.97 Å². The van der Waals surface area contributed by atoms with Crippen LogP contribution in [0.25, 0.3) is 0 Å². The fourth-order valence-electron chi connectivity index (χ4n) is 5.15. The second-order valence-corrected chi connectivity index (χ2v) is 8.40. The van der Waals surface area contributed by atoms with Gasteiger partial charge in [0.05, 0.1) is 17.4 Å². The smallest absolute Gasteiger partial charge is 0.311 e. The first-order chi connectivity index (χ1) is 12.5. The first kappa shape index (κ1) is 17.8. The van der Waals surface area contributed by atoms with Crippen molar-refractivity contribution < 1.29 is 19.4 Å². The van der Waals surface area contributed by atoms with Crippen molar-refractivity contribution in [1.82, 2.24) is 4.90 Å². The molecule has 1 aliphatic carbocycles. The third-order valence-electron chi connectivity index (χ3n) is 6.66. The summed E-state index contributed by atoms with van der Waals surface area (Å²) in [4.78, 5) is 27.5. The molecule has 5 nitrogen and oxygen atoms in total. The van der Waals surface area contributed by atoms with Crippen LogP contribution in [0.1, 0.15) is 37.7 Å². The van der Waals surface area contributed by atoms with Gasteiger partial charge in [-0.1, -0.05) is 36.6 Å². The predicted molar refractivity (Wildman–Crippen MR) is 97.2 cm³/mol. The SMILES string of the molecule is O=C(N1C[C@H]2COCC[C@@]2(C(=O)O)C1)C1(c2cccc(Cl)c2)CCCC1. The summed E-state index contributed by atoms with van der Waals surface area (Å²) in [6.45, 7) is 1.62. The molecule has 2 atom stereocenters. The minimum atomic E-state index is -0.859. The summed E-state index contributed by atoms with van der Waals surface area (Å²) < 4.78 is 5.52. The molecule has 0 unspecified atom stereocenters. The number of carboxylic acids is 1. The Morgan fingerprint density at radius 3 is 2.65 bits per heavy atom. The molecule has 0 radical (unpaired) electrons. The number of benzene rings is 1. The highest BCUT2D eigenvalue weighted by Crippen LogP contribution is 2.47. The lowest BCUT2D eigenvalue weighted by atomic mass is 9.74. The monoisotopic (exact) mass is 377 g/mol. The van der Waals surface area contributed by atoms with E-state index in [4.69, 9.17) is 16.3 Å². The zero-order valence-electron chi connectivity index (χ0n) is 14.7. The molecular weight excluding hydrogens is 354 g/mol. The molecular formula is C20H24ClNO4. The molecule has 1 saturated carbocycles. The summed E-state index contributed by atoms with van der Waals surface area (Å²) in [6.07, 6.45) is 4.07. The highest BCUT2D eigenvalue weighted by molar-refractivity contribution is 6.30. The van der Waals surface area contributed by atoms with Crippen LogP contribution in [0, 0.1) is 11.3 Å². The number of aliphatic carboxylic acids is 1. The Balaban J connectivity index is 1.67. The third kappa shape index (κ3) is 2.64. The van der Waals surface area contributed by atoms with Gasteiger partial charge in [-0.3, -0.25) is 9.59 Å². The number of rotatable bonds is 3. The van der Waals surface area contributed by atoms with Crippen molar-refractivity contribution in [2.45, 2.75) is 37.5 Å². The summed E-state index contributed by atoms with van der Waals surface area (Å²) in [6, 6.07) is 7.58. The van der Waals surface area contributed by atoms with Crippen LogP contribution < -0.4 is 0 Å². The van der Waals surface area contributed by atoms with Gasteiger partial charge in [-0.2, -0.15) is 0 Å². The summed E-state index contributed by atoms with van der Waals surface area (Å²) in [7, 11) is 0. The van der Waals surface area contributed by atoms with Crippen LogP contribution in [0.5, 0.6) is 0 Å². The van der Waals surface area contributed by atoms with E-state index in [1.165, 1.54) is 0 Å². The van der Waals surface area contributed by atoms with Crippen LogP contribution in [0.4, 0.5) is 0 Å². The second kappa shape index (κ2) is 6.54. The average Bonchev–Trinajstić information content (AvgIpc) is 3.27. The van der Waals surface area contributed by atoms with E-state index in [-0.39, 0.29) is 18.4 Å². The van der Waals surface area contributed by atoms with E-state index < -0.39 is 16.8 Å². The van der Waals surface area contributed by atoms with Gasteiger partial charge < -0.3 is 14.7 Å². The standard InChI is InChI=1S/C20H24ClNO4/c21-16-5-3-4-14(10-16)19(6-1-2-7-19)17(23)22-11-15-12-26-9-8-20(15,13-22)18(24)25/h3-5,10,15H,1-2,6-9,11-13H2,(H,24,25)/t15-,20+/m0/s1. The van der Waals surface area contributed by atoms with Crippen LogP contribution in [-0.2, 0) is 19.7 Å². The zero-order chi connectivity index (χ0) is 18.4. The third-order valence-corrected chi connectivity index (χ3v) is 6.90. The molecule has 0 aromatic heterocycles. The van der Waals surface area contributed by atoms with E-state index >= 15 is 0 Å². The predicted octanol–water partition coefficient (Wildman–Crippen LogP) is 3.10. The van der Waals surface area contributed by atoms with Crippen molar-refractivity contribution in [2.24, 2.45) is 11.3 Å². The van der Waals surface area contributed by atoms with Gasteiger partial charge in [0, 0.05) is 30.6 Å². The Morgan fingerprint density at radius 1 is 1.23 bits per heavy atom. The summed E-state index contributed by atoms with van der Waals surface area (Å²) >= 11 is 6.19. The van der Waals surface area contributed by atoms with Gasteiger partial charge in [-0.15, -0.1) is 0 Å². The van der Waals surface area contributed by atoms with Crippen molar-refractivity contribution in [3.63, 3.8) is 0 Å². The van der Waals surface area contributed by atoms with E-state index in [0.29, 0.717) is 31.2 Å². The van der Waals surface area contributed by atoms with Gasteiger partial charge in [-0.25, -0.2) is 0 Å². The maximum absolute atomic E-state index is 13.6. The van der Waals surface area contributed by atoms with E-state index in [0.717, 1.165) is 31.2 Å². The number of ether oxygens (including phenoxy) is 1. The lowest BCUT2D eigenvalue weighted by molar-refractivity contribution is -0.157. The van der Waals surface area contributed by atoms with Crippen molar-refractivity contribution in [2.75, 3.05) is 26.3 Å². The molecule has 3 aliphatic rings. The molecule has 3 fully saturated rings. The Kier molecular flexibility index (Phi) is 4.48. The van der Waals surface area contributed by atoms with Crippen LogP contribution in [0.3, 0.4) is 0 Å². The fraction of sp³-hybridized carbons (Fsp3) is 0.600. The number of carbonyl (C=O) groups excluding carboxylic acids is 1. The van der Waals surface area contributed by atoms with Crippen LogP contribution in [0.2, 0.25) is 5.02 Å². The zero-order valence-corrected chi connectivity index (χ0v) is 15.5. The Hall–Kier alpha value is -1.59. The number of halogens is 1. The van der Waals surface area contributed by atoms with E-state index in [1.807, 2.05) is 24.3 Å². The molecule has 4 rings (SSSR count). The number of likely N-dealkylation sites (tertiary alicyclic amines) is 1. The highest BCUT2D eigenvalue weighted by Gasteiger charge is 2.57. The average molecular weight is 378 g/mol. The number of fused-ring (bicyclic) bond motifs is 1. The first-order valence-electron chi connectivity index (χ1n) is 9.35. The number of hydrogen-bond donors (Lipinski definition) is 1. The molecule has 1 aromatic carbocycles. The van der Waals surface area contributed by atoms with Crippen molar-refractivity contribution in [1.29, 1.82) is 0 Å². The van der Waals surface area contributed by atoms with Crippen molar-refractivity contribution >= 4 is 23.5 Å². The maximum atomic E-state index is 13.6. The molecule has 0 spiro atoms. The first-order valence-corrected chi connectivity index (χ1v) is 9.72. The molecule has 1 aromatic rings. The van der Waals surface area contributed by atoms with E-state index in [9.17, 15) is 14.7 Å². The Bertz CT molecular complexity index is 730. The quantitative estimate of drug-likeness (QED) is 0.878. The fourth-order valence-corrected chi connectivity index (χ4v) is 5.34. The molecule has 140 valence electrons. The highest BCUT2D eigenvalue weighted by atomic mass is 35.5. The van der Waals surface area contributed by atoms with Gasteiger partial charge in [0.25, 0.3) is 0 Å². The Labute approximate surface area is 158 Å². The van der Waals surface area contributed by atoms with Crippen LogP contribution >= 0.6 is 11.6 Å². The summed E-state index contributed by atoms with van der Waals surface area (Å²) in [5.74, 6) is -0.868. The summed E-state index contributed by atoms with van der Waals surface area (Å²) in [5.41, 5.74) is -0.468. The molecule has 2 saturated heterocycles. The maximum Gasteiger partial charge on any atom is 0.311 e. The lowest BCUT2D eigenvalue weighted by Crippen LogP contribution is -2.47. The van der Waals surface area contributed by atoms with Gasteiger partial charge in [0.2, 0.25) is 5.91 Å². The molecule has 26 heavy (non-hydrogen) atoms. The molecule has 6 heteroatoms. The van der Waals surface area contributed by atoms with Gasteiger partial charge in [-0.05, 0) is 37.0 Å². The number of nitrogens with zero attached hydrogens (tertiary/aromatic N) is 1.